The first-order valence-corrected chi connectivity index (χ1v) is 6.94. The monoisotopic (exact) mass is 256 g/mol. The van der Waals surface area contributed by atoms with Gasteiger partial charge in [0.1, 0.15) is 0 Å². The van der Waals surface area contributed by atoms with E-state index in [0.29, 0.717) is 0 Å². The van der Waals surface area contributed by atoms with Gasteiger partial charge in [0, 0.05) is 6.26 Å². The van der Waals surface area contributed by atoms with Gasteiger partial charge in [-0.15, -0.1) is 0 Å². The van der Waals surface area contributed by atoms with E-state index in [4.69, 9.17) is 5.73 Å². The van der Waals surface area contributed by atoms with E-state index in [-0.39, 0.29) is 0 Å². The third-order valence-electron chi connectivity index (χ3n) is 2.56. The standard InChI is InChI=1S/C15H16N2S/c1-18-17-15-10-9-13(11-14(15)16)8-7-12-5-3-2-4-6-12/h2-11,17H,16H2,1H3/b8-7+. The molecule has 2 rings (SSSR count). The predicted octanol–water partition coefficient (Wildman–Crippen LogP) is 4.13. The molecule has 3 heteroatoms. The topological polar surface area (TPSA) is 38.0 Å². The molecule has 0 bridgehead atoms. The maximum absolute atomic E-state index is 5.97. The van der Waals surface area contributed by atoms with Crippen LogP contribution in [0.25, 0.3) is 12.2 Å². The predicted molar refractivity (Wildman–Crippen MR) is 83.4 cm³/mol. The van der Waals surface area contributed by atoms with Crippen molar-refractivity contribution in [2.24, 2.45) is 0 Å². The summed E-state index contributed by atoms with van der Waals surface area (Å²) in [5.41, 5.74) is 9.97. The van der Waals surface area contributed by atoms with Crippen molar-refractivity contribution in [1.29, 1.82) is 0 Å². The Bertz CT molecular complexity index is 535. The molecule has 2 nitrogen and oxygen atoms in total. The number of hydrogen-bond donors (Lipinski definition) is 2. The average Bonchev–Trinajstić information content (AvgIpc) is 2.41. The second-order valence-electron chi connectivity index (χ2n) is 3.90. The third kappa shape index (κ3) is 3.31. The van der Waals surface area contributed by atoms with E-state index in [1.54, 1.807) is 0 Å². The van der Waals surface area contributed by atoms with Gasteiger partial charge in [0.15, 0.2) is 0 Å². The lowest BCUT2D eigenvalue weighted by molar-refractivity contribution is 1.62. The Labute approximate surface area is 112 Å². The highest BCUT2D eigenvalue weighted by Gasteiger charge is 1.97. The molecule has 2 aromatic rings. The Balaban J connectivity index is 2.15. The Kier molecular flexibility index (Phi) is 4.31. The molecule has 0 spiro atoms. The summed E-state index contributed by atoms with van der Waals surface area (Å²) >= 11 is 1.54. The maximum Gasteiger partial charge on any atom is 0.0673 e. The highest BCUT2D eigenvalue weighted by Crippen LogP contribution is 2.23. The van der Waals surface area contributed by atoms with E-state index in [2.05, 4.69) is 29.0 Å². The lowest BCUT2D eigenvalue weighted by atomic mass is 10.1. The minimum atomic E-state index is 0.763. The molecule has 0 saturated carbocycles. The number of nitrogens with one attached hydrogen (secondary N) is 1. The lowest BCUT2D eigenvalue weighted by Crippen LogP contribution is -1.93. The summed E-state index contributed by atoms with van der Waals surface area (Å²) in [6.45, 7) is 0. The molecule has 0 aliphatic rings. The smallest absolute Gasteiger partial charge is 0.0673 e. The van der Waals surface area contributed by atoms with Gasteiger partial charge in [0.05, 0.1) is 11.4 Å². The van der Waals surface area contributed by atoms with Crippen molar-refractivity contribution in [2.75, 3.05) is 16.7 Å². The second kappa shape index (κ2) is 6.17. The molecule has 0 heterocycles. The molecule has 0 fully saturated rings. The summed E-state index contributed by atoms with van der Waals surface area (Å²) in [5.74, 6) is 0. The van der Waals surface area contributed by atoms with E-state index < -0.39 is 0 Å². The fourth-order valence-electron chi connectivity index (χ4n) is 1.64. The minimum absolute atomic E-state index is 0.763. The molecule has 0 amide bonds. The zero-order valence-electron chi connectivity index (χ0n) is 10.3. The molecule has 0 aliphatic carbocycles. The minimum Gasteiger partial charge on any atom is -0.397 e. The average molecular weight is 256 g/mol. The summed E-state index contributed by atoms with van der Waals surface area (Å²) in [7, 11) is 0. The van der Waals surface area contributed by atoms with Gasteiger partial charge < -0.3 is 10.5 Å². The number of benzene rings is 2. The molecule has 0 radical (unpaired) electrons. The molecule has 2 aromatic carbocycles. The van der Waals surface area contributed by atoms with E-state index in [1.165, 1.54) is 17.5 Å². The van der Waals surface area contributed by atoms with Crippen LogP contribution in [0.15, 0.2) is 48.5 Å². The lowest BCUT2D eigenvalue weighted by Gasteiger charge is -2.06. The van der Waals surface area contributed by atoms with Crippen molar-refractivity contribution in [3.05, 3.63) is 59.7 Å². The molecule has 0 unspecified atom stereocenters. The van der Waals surface area contributed by atoms with Gasteiger partial charge >= 0.3 is 0 Å². The summed E-state index contributed by atoms with van der Waals surface area (Å²) in [6.07, 6.45) is 6.12. The largest absolute Gasteiger partial charge is 0.397 e. The van der Waals surface area contributed by atoms with Gasteiger partial charge in [-0.2, -0.15) is 0 Å². The molecular formula is C15H16N2S. The van der Waals surface area contributed by atoms with Crippen LogP contribution in [0.3, 0.4) is 0 Å². The van der Waals surface area contributed by atoms with Crippen molar-refractivity contribution in [1.82, 2.24) is 0 Å². The molecule has 0 aromatic heterocycles. The van der Waals surface area contributed by atoms with Crippen molar-refractivity contribution in [3.8, 4) is 0 Å². The molecule has 0 saturated heterocycles. The summed E-state index contributed by atoms with van der Waals surface area (Å²) in [5, 5.41) is 0. The normalized spacial score (nSPS) is 10.7. The van der Waals surface area contributed by atoms with Crippen molar-refractivity contribution >= 4 is 35.5 Å². The highest BCUT2D eigenvalue weighted by molar-refractivity contribution is 7.99. The molecule has 18 heavy (non-hydrogen) atoms. The van der Waals surface area contributed by atoms with E-state index >= 15 is 0 Å². The first kappa shape index (κ1) is 12.6. The van der Waals surface area contributed by atoms with E-state index in [0.717, 1.165) is 16.9 Å². The summed E-state index contributed by atoms with van der Waals surface area (Å²) in [4.78, 5) is 0. The second-order valence-corrected chi connectivity index (χ2v) is 4.51. The van der Waals surface area contributed by atoms with Crippen LogP contribution < -0.4 is 10.5 Å². The zero-order valence-corrected chi connectivity index (χ0v) is 11.1. The van der Waals surface area contributed by atoms with Gasteiger partial charge in [0.25, 0.3) is 0 Å². The van der Waals surface area contributed by atoms with Gasteiger partial charge in [-0.05, 0) is 23.3 Å². The fourth-order valence-corrected chi connectivity index (χ4v) is 2.05. The van der Waals surface area contributed by atoms with Crippen LogP contribution in [0.2, 0.25) is 0 Å². The Morgan fingerprint density at radius 1 is 1.00 bits per heavy atom. The first-order valence-electron chi connectivity index (χ1n) is 5.71. The highest BCUT2D eigenvalue weighted by atomic mass is 32.2. The van der Waals surface area contributed by atoms with Crippen LogP contribution in [0, 0.1) is 0 Å². The molecular weight excluding hydrogens is 240 g/mol. The maximum atomic E-state index is 5.97. The van der Waals surface area contributed by atoms with Crippen molar-refractivity contribution in [3.63, 3.8) is 0 Å². The third-order valence-corrected chi connectivity index (χ3v) is 2.98. The number of nitrogens with two attached hydrogens (primary N) is 1. The Hall–Kier alpha value is -1.87. The van der Waals surface area contributed by atoms with Crippen LogP contribution in [0.4, 0.5) is 11.4 Å². The molecule has 0 atom stereocenters. The Morgan fingerprint density at radius 3 is 2.39 bits per heavy atom. The Morgan fingerprint density at radius 2 is 1.72 bits per heavy atom. The first-order chi connectivity index (χ1) is 8.79. The van der Waals surface area contributed by atoms with Gasteiger partial charge in [0.2, 0.25) is 0 Å². The van der Waals surface area contributed by atoms with Crippen LogP contribution >= 0.6 is 11.9 Å². The van der Waals surface area contributed by atoms with Crippen LogP contribution in [-0.4, -0.2) is 6.26 Å². The summed E-state index contributed by atoms with van der Waals surface area (Å²) in [6, 6.07) is 16.2. The van der Waals surface area contributed by atoms with Crippen LogP contribution in [-0.2, 0) is 0 Å². The van der Waals surface area contributed by atoms with E-state index in [1.807, 2.05) is 42.7 Å². The molecule has 3 N–H and O–H groups in total. The van der Waals surface area contributed by atoms with Crippen molar-refractivity contribution in [2.45, 2.75) is 0 Å². The zero-order chi connectivity index (χ0) is 12.8. The van der Waals surface area contributed by atoms with Crippen molar-refractivity contribution < 1.29 is 0 Å². The number of nitrogen functional groups attached to an aromatic ring is 1. The van der Waals surface area contributed by atoms with Gasteiger partial charge in [-0.25, -0.2) is 0 Å². The van der Waals surface area contributed by atoms with Gasteiger partial charge in [-0.3, -0.25) is 0 Å². The molecule has 92 valence electrons. The number of hydrogen-bond acceptors (Lipinski definition) is 3. The number of anilines is 2. The van der Waals surface area contributed by atoms with Crippen LogP contribution in [0.1, 0.15) is 11.1 Å². The summed E-state index contributed by atoms with van der Waals surface area (Å²) < 4.78 is 3.14. The SMILES string of the molecule is CSNc1ccc(/C=C/c2ccccc2)cc1N. The quantitative estimate of drug-likeness (QED) is 0.491. The van der Waals surface area contributed by atoms with E-state index in [9.17, 15) is 0 Å². The molecule has 0 aliphatic heterocycles. The van der Waals surface area contributed by atoms with Crippen LogP contribution in [0.5, 0.6) is 0 Å². The number of rotatable bonds is 4. The van der Waals surface area contributed by atoms with Gasteiger partial charge in [-0.1, -0.05) is 60.5 Å². The fraction of sp³-hybridized carbons (Fsp3) is 0.0667.